The molecule has 2 fully saturated rings. The van der Waals surface area contributed by atoms with E-state index in [0.717, 1.165) is 25.7 Å². The van der Waals surface area contributed by atoms with Crippen molar-refractivity contribution in [2.24, 2.45) is 5.92 Å². The summed E-state index contributed by atoms with van der Waals surface area (Å²) in [4.78, 5) is 40.1. The molecule has 0 radical (unpaired) electrons. The number of hydrogen-bond donors (Lipinski definition) is 1. The molecule has 3 amide bonds. The summed E-state index contributed by atoms with van der Waals surface area (Å²) in [6.07, 6.45) is 4.59. The Kier molecular flexibility index (Phi) is 5.06. The molecule has 1 aliphatic heterocycles. The van der Waals surface area contributed by atoms with Crippen LogP contribution in [-0.4, -0.2) is 58.9 Å². The molecule has 1 aromatic rings. The van der Waals surface area contributed by atoms with E-state index in [4.69, 9.17) is 4.52 Å². The smallest absolute Gasteiger partial charge is 0.245 e. The summed E-state index contributed by atoms with van der Waals surface area (Å²) in [7, 11) is 1.58. The van der Waals surface area contributed by atoms with Gasteiger partial charge in [-0.05, 0) is 19.8 Å². The lowest BCUT2D eigenvalue weighted by molar-refractivity contribution is -0.137. The second-order valence-electron chi connectivity index (χ2n) is 6.95. The first-order valence-electron chi connectivity index (χ1n) is 8.71. The Morgan fingerprint density at radius 3 is 2.76 bits per heavy atom. The van der Waals surface area contributed by atoms with E-state index in [1.165, 1.54) is 4.90 Å². The average Bonchev–Trinajstić information content (AvgIpc) is 3.27. The Labute approximate surface area is 146 Å². The van der Waals surface area contributed by atoms with Gasteiger partial charge in [0.2, 0.25) is 17.7 Å². The quantitative estimate of drug-likeness (QED) is 0.862. The van der Waals surface area contributed by atoms with Gasteiger partial charge in [-0.2, -0.15) is 0 Å². The van der Waals surface area contributed by atoms with Crippen LogP contribution in [0.1, 0.15) is 37.9 Å². The number of nitrogens with zero attached hydrogens (tertiary/aromatic N) is 3. The molecule has 2 heterocycles. The van der Waals surface area contributed by atoms with Crippen LogP contribution < -0.4 is 5.32 Å². The Morgan fingerprint density at radius 1 is 1.40 bits per heavy atom. The SMILES string of the molecule is Cc1cc(NC(=O)CN(C)C(=O)C2CC(=O)N(C3CCCC3)C2)no1. The van der Waals surface area contributed by atoms with Gasteiger partial charge in [0.1, 0.15) is 5.76 Å². The molecule has 2 aliphatic rings. The van der Waals surface area contributed by atoms with Crippen LogP contribution in [0, 0.1) is 12.8 Å². The second kappa shape index (κ2) is 7.25. The van der Waals surface area contributed by atoms with Crippen molar-refractivity contribution in [3.8, 4) is 0 Å². The van der Waals surface area contributed by atoms with Crippen LogP contribution in [0.2, 0.25) is 0 Å². The van der Waals surface area contributed by atoms with Gasteiger partial charge in [-0.1, -0.05) is 18.0 Å². The monoisotopic (exact) mass is 348 g/mol. The first-order chi connectivity index (χ1) is 11.9. The van der Waals surface area contributed by atoms with Gasteiger partial charge in [-0.25, -0.2) is 0 Å². The first kappa shape index (κ1) is 17.4. The standard InChI is InChI=1S/C17H24N4O4/c1-11-7-14(19-25-11)18-15(22)10-20(2)17(24)12-8-16(23)21(9-12)13-5-3-4-6-13/h7,12-13H,3-6,8-10H2,1-2H3,(H,18,19,22). The molecular weight excluding hydrogens is 324 g/mol. The van der Waals surface area contributed by atoms with Crippen molar-refractivity contribution in [1.82, 2.24) is 15.0 Å². The van der Waals surface area contributed by atoms with Crippen LogP contribution in [0.5, 0.6) is 0 Å². The highest BCUT2D eigenvalue weighted by Gasteiger charge is 2.39. The number of amides is 3. The summed E-state index contributed by atoms with van der Waals surface area (Å²) in [6.45, 7) is 2.11. The Bertz CT molecular complexity index is 665. The first-order valence-corrected chi connectivity index (χ1v) is 8.71. The largest absolute Gasteiger partial charge is 0.360 e. The predicted octanol–water partition coefficient (Wildman–Crippen LogP) is 1.17. The van der Waals surface area contributed by atoms with E-state index in [9.17, 15) is 14.4 Å². The number of aromatic nitrogens is 1. The van der Waals surface area contributed by atoms with Gasteiger partial charge in [0, 0.05) is 32.1 Å². The van der Waals surface area contributed by atoms with Crippen LogP contribution in [0.25, 0.3) is 0 Å². The number of carbonyl (C=O) groups excluding carboxylic acids is 3. The zero-order chi connectivity index (χ0) is 18.0. The zero-order valence-electron chi connectivity index (χ0n) is 14.7. The Hall–Kier alpha value is -2.38. The van der Waals surface area contributed by atoms with E-state index in [1.54, 1.807) is 20.0 Å². The molecule has 1 saturated carbocycles. The van der Waals surface area contributed by atoms with Gasteiger partial charge in [-0.15, -0.1) is 0 Å². The highest BCUT2D eigenvalue weighted by molar-refractivity contribution is 5.95. The molecule has 1 aromatic heterocycles. The van der Waals surface area contributed by atoms with Crippen LogP contribution in [-0.2, 0) is 14.4 Å². The van der Waals surface area contributed by atoms with Gasteiger partial charge < -0.3 is 19.6 Å². The number of aryl methyl sites for hydroxylation is 1. The maximum Gasteiger partial charge on any atom is 0.245 e. The summed E-state index contributed by atoms with van der Waals surface area (Å²) in [6, 6.07) is 1.89. The Balaban J connectivity index is 1.51. The summed E-state index contributed by atoms with van der Waals surface area (Å²) in [5, 5.41) is 6.27. The minimum absolute atomic E-state index is 0.0566. The molecule has 0 bridgehead atoms. The molecule has 1 atom stereocenters. The summed E-state index contributed by atoms with van der Waals surface area (Å²) in [5.41, 5.74) is 0. The maximum atomic E-state index is 12.6. The maximum absolute atomic E-state index is 12.6. The number of hydrogen-bond acceptors (Lipinski definition) is 5. The molecule has 25 heavy (non-hydrogen) atoms. The molecule has 0 spiro atoms. The lowest BCUT2D eigenvalue weighted by Crippen LogP contribution is -2.40. The van der Waals surface area contributed by atoms with Crippen LogP contribution in [0.15, 0.2) is 10.6 Å². The molecule has 8 nitrogen and oxygen atoms in total. The van der Waals surface area contributed by atoms with Crippen LogP contribution in [0.3, 0.4) is 0 Å². The molecule has 1 aliphatic carbocycles. The molecular formula is C17H24N4O4. The average molecular weight is 348 g/mol. The highest BCUT2D eigenvalue weighted by Crippen LogP contribution is 2.30. The second-order valence-corrected chi connectivity index (χ2v) is 6.95. The third-order valence-electron chi connectivity index (χ3n) is 4.93. The summed E-state index contributed by atoms with van der Waals surface area (Å²) >= 11 is 0. The van der Waals surface area contributed by atoms with Gasteiger partial charge in [-0.3, -0.25) is 14.4 Å². The number of likely N-dealkylation sites (N-methyl/N-ethyl adjacent to an activating group) is 1. The van der Waals surface area contributed by atoms with E-state index < -0.39 is 0 Å². The fourth-order valence-electron chi connectivity index (χ4n) is 3.68. The van der Waals surface area contributed by atoms with Crippen molar-refractivity contribution >= 4 is 23.5 Å². The fourth-order valence-corrected chi connectivity index (χ4v) is 3.68. The molecule has 3 rings (SSSR count). The highest BCUT2D eigenvalue weighted by atomic mass is 16.5. The molecule has 136 valence electrons. The lowest BCUT2D eigenvalue weighted by atomic mass is 10.1. The molecule has 1 saturated heterocycles. The molecule has 1 N–H and O–H groups in total. The molecule has 1 unspecified atom stereocenters. The fraction of sp³-hybridized carbons (Fsp3) is 0.647. The molecule has 0 aromatic carbocycles. The van der Waals surface area contributed by atoms with E-state index in [1.807, 2.05) is 4.90 Å². The van der Waals surface area contributed by atoms with Crippen molar-refractivity contribution < 1.29 is 18.9 Å². The van der Waals surface area contributed by atoms with Gasteiger partial charge in [0.15, 0.2) is 5.82 Å². The number of nitrogens with one attached hydrogen (secondary N) is 1. The third-order valence-corrected chi connectivity index (χ3v) is 4.93. The normalized spacial score (nSPS) is 21.0. The lowest BCUT2D eigenvalue weighted by Gasteiger charge is -2.25. The summed E-state index contributed by atoms with van der Waals surface area (Å²) < 4.78 is 4.88. The molecule has 8 heteroatoms. The number of carbonyl (C=O) groups is 3. The van der Waals surface area contributed by atoms with Gasteiger partial charge >= 0.3 is 0 Å². The van der Waals surface area contributed by atoms with Crippen molar-refractivity contribution in [3.63, 3.8) is 0 Å². The van der Waals surface area contributed by atoms with Crippen molar-refractivity contribution in [2.75, 3.05) is 25.5 Å². The zero-order valence-corrected chi connectivity index (χ0v) is 14.7. The number of anilines is 1. The van der Waals surface area contributed by atoms with Gasteiger partial charge in [0.25, 0.3) is 0 Å². The minimum Gasteiger partial charge on any atom is -0.360 e. The Morgan fingerprint density at radius 2 is 2.12 bits per heavy atom. The van der Waals surface area contributed by atoms with Crippen LogP contribution >= 0.6 is 0 Å². The van der Waals surface area contributed by atoms with E-state index >= 15 is 0 Å². The van der Waals surface area contributed by atoms with Crippen molar-refractivity contribution in [2.45, 2.75) is 45.1 Å². The number of likely N-dealkylation sites (tertiary alicyclic amines) is 1. The van der Waals surface area contributed by atoms with E-state index in [-0.39, 0.29) is 42.6 Å². The van der Waals surface area contributed by atoms with Gasteiger partial charge in [0.05, 0.1) is 12.5 Å². The number of rotatable bonds is 5. The van der Waals surface area contributed by atoms with Crippen LogP contribution in [0.4, 0.5) is 5.82 Å². The van der Waals surface area contributed by atoms with E-state index in [2.05, 4.69) is 10.5 Å². The van der Waals surface area contributed by atoms with Crippen molar-refractivity contribution in [3.05, 3.63) is 11.8 Å². The summed E-state index contributed by atoms with van der Waals surface area (Å²) in [5.74, 6) is 0.103. The van der Waals surface area contributed by atoms with E-state index in [0.29, 0.717) is 18.1 Å². The minimum atomic E-state index is -0.361. The predicted molar refractivity (Wildman–Crippen MR) is 89.6 cm³/mol. The van der Waals surface area contributed by atoms with Crippen molar-refractivity contribution in [1.29, 1.82) is 0 Å². The third kappa shape index (κ3) is 4.00. The topological polar surface area (TPSA) is 95.8 Å².